The molecule has 0 bridgehead atoms. The van der Waals surface area contributed by atoms with E-state index in [9.17, 15) is 54.2 Å². The average Bonchev–Trinajstić information content (AvgIpc) is 3.20. The molecule has 2 fully saturated rings. The van der Waals surface area contributed by atoms with E-state index in [2.05, 4.69) is 22.9 Å². The van der Waals surface area contributed by atoms with Crippen molar-refractivity contribution in [2.24, 2.45) is 5.92 Å². The molecule has 0 unspecified atom stereocenters. The van der Waals surface area contributed by atoms with Crippen molar-refractivity contribution in [2.45, 2.75) is 242 Å². The smallest absolute Gasteiger partial charge is 0.394 e. The lowest BCUT2D eigenvalue weighted by molar-refractivity contribution is -0.358. The van der Waals surface area contributed by atoms with E-state index in [1.54, 1.807) is 0 Å². The first-order valence-electron chi connectivity index (χ1n) is 23.5. The van der Waals surface area contributed by atoms with Crippen molar-refractivity contribution in [3.63, 3.8) is 0 Å². The standard InChI is InChI=1S/C42H84O17P2/c1-3-5-7-9-11-13-15-17-19-21-23-25-27-32(28-26-24-22-20-18-16-14-12-10-8-6-4-2)31-54-41-36(46)35(45)38(33(29-43)55-41)57-42-37(47)40(59-61(51,52)53)39(34(30-44)56-42)58-60(48,49)50/h32-47H,3-31H2,1-2H3,(H2,48,49,50)(H2,51,52,53)/t33-,34-,35-,36-,37-,38-,39+,40-,41-,42+/m1/s1. The van der Waals surface area contributed by atoms with Gasteiger partial charge in [0.05, 0.1) is 19.8 Å². The van der Waals surface area contributed by atoms with Crippen molar-refractivity contribution >= 4 is 15.6 Å². The fraction of sp³-hybridized carbons (Fsp3) is 1.00. The third-order valence-electron chi connectivity index (χ3n) is 11.9. The van der Waals surface area contributed by atoms with E-state index in [0.717, 1.165) is 38.5 Å². The Morgan fingerprint density at radius 1 is 0.475 bits per heavy atom. The van der Waals surface area contributed by atoms with Crippen LogP contribution in [0.5, 0.6) is 0 Å². The second kappa shape index (κ2) is 32.5. The number of rotatable bonds is 37. The number of phosphoric acid groups is 2. The summed E-state index contributed by atoms with van der Waals surface area (Å²) in [6.45, 7) is 2.93. The number of unbranched alkanes of at least 4 members (excludes halogenated alkanes) is 22. The van der Waals surface area contributed by atoms with E-state index in [-0.39, 0.29) is 12.5 Å². The summed E-state index contributed by atoms with van der Waals surface area (Å²) in [5.41, 5.74) is 0. The minimum Gasteiger partial charge on any atom is -0.394 e. The molecule has 0 saturated carbocycles. The molecule has 0 spiro atoms. The molecule has 0 aromatic carbocycles. The Morgan fingerprint density at radius 3 is 1.23 bits per heavy atom. The summed E-state index contributed by atoms with van der Waals surface area (Å²) in [6, 6.07) is 0. The molecule has 2 aliphatic heterocycles. The number of phosphoric ester groups is 2. The predicted molar refractivity (Wildman–Crippen MR) is 229 cm³/mol. The van der Waals surface area contributed by atoms with E-state index >= 15 is 0 Å². The Kier molecular flexibility index (Phi) is 30.4. The number of aliphatic hydroxyl groups is 5. The summed E-state index contributed by atoms with van der Waals surface area (Å²) in [5, 5.41) is 53.5. The highest BCUT2D eigenvalue weighted by Gasteiger charge is 2.54. The molecule has 364 valence electrons. The zero-order valence-corrected chi connectivity index (χ0v) is 38.8. The van der Waals surface area contributed by atoms with Gasteiger partial charge in [-0.25, -0.2) is 9.13 Å². The quantitative estimate of drug-likeness (QED) is 0.0233. The second-order valence-corrected chi connectivity index (χ2v) is 19.6. The van der Waals surface area contributed by atoms with Crippen LogP contribution in [0.1, 0.15) is 181 Å². The molecule has 2 rings (SSSR count). The van der Waals surface area contributed by atoms with Gasteiger partial charge in [-0.3, -0.25) is 9.05 Å². The fourth-order valence-electron chi connectivity index (χ4n) is 8.32. The molecule has 17 nitrogen and oxygen atoms in total. The Bertz CT molecular complexity index is 1150. The lowest BCUT2D eigenvalue weighted by atomic mass is 9.94. The maximum Gasteiger partial charge on any atom is 0.470 e. The highest BCUT2D eigenvalue weighted by molar-refractivity contribution is 7.46. The SMILES string of the molecule is CCCCCCCCCCCCCCC(CCCCCCCCCCCCCC)CO[C@@H]1O[C@H](CO)[C@@H](O[C@@H]2O[C@H](CO)[C@H](OP(=O)(O)O)[C@H](OP(=O)(O)O)[C@H]2O)[C@H](O)[C@H]1O. The van der Waals surface area contributed by atoms with Crippen LogP contribution in [0.2, 0.25) is 0 Å². The van der Waals surface area contributed by atoms with Gasteiger partial charge in [0.25, 0.3) is 0 Å². The monoisotopic (exact) mass is 923 g/mol. The summed E-state index contributed by atoms with van der Waals surface area (Å²) < 4.78 is 55.6. The van der Waals surface area contributed by atoms with Gasteiger partial charge in [-0.2, -0.15) is 0 Å². The minimum absolute atomic E-state index is 0.177. The van der Waals surface area contributed by atoms with Crippen LogP contribution in [-0.2, 0) is 37.1 Å². The van der Waals surface area contributed by atoms with E-state index in [0.29, 0.717) is 0 Å². The Balaban J connectivity index is 1.97. The first-order valence-corrected chi connectivity index (χ1v) is 26.5. The van der Waals surface area contributed by atoms with Crippen molar-refractivity contribution in [1.29, 1.82) is 0 Å². The van der Waals surface area contributed by atoms with Gasteiger partial charge in [0, 0.05) is 0 Å². The highest BCUT2D eigenvalue weighted by Crippen LogP contribution is 2.47. The summed E-state index contributed by atoms with van der Waals surface area (Å²) in [4.78, 5) is 37.6. The third-order valence-corrected chi connectivity index (χ3v) is 12.9. The number of hydrogen-bond donors (Lipinski definition) is 9. The predicted octanol–water partition coefficient (Wildman–Crippen LogP) is 6.66. The van der Waals surface area contributed by atoms with Crippen molar-refractivity contribution in [2.75, 3.05) is 19.8 Å². The van der Waals surface area contributed by atoms with E-state index < -0.39 is 90.3 Å². The summed E-state index contributed by atoms with van der Waals surface area (Å²) in [7, 11) is -10.8. The van der Waals surface area contributed by atoms with Gasteiger partial charge in [0.1, 0.15) is 48.8 Å². The molecule has 0 aliphatic carbocycles. The fourth-order valence-corrected chi connectivity index (χ4v) is 9.46. The summed E-state index contributed by atoms with van der Waals surface area (Å²) in [5.74, 6) is 0.177. The number of ether oxygens (including phenoxy) is 4. The summed E-state index contributed by atoms with van der Waals surface area (Å²) >= 11 is 0. The maximum atomic E-state index is 11.7. The van der Waals surface area contributed by atoms with Gasteiger partial charge < -0.3 is 64.1 Å². The molecule has 2 heterocycles. The van der Waals surface area contributed by atoms with Crippen LogP contribution >= 0.6 is 15.6 Å². The largest absolute Gasteiger partial charge is 0.470 e. The molecule has 61 heavy (non-hydrogen) atoms. The van der Waals surface area contributed by atoms with Crippen LogP contribution in [0.25, 0.3) is 0 Å². The van der Waals surface area contributed by atoms with Crippen LogP contribution in [-0.4, -0.2) is 126 Å². The van der Waals surface area contributed by atoms with Crippen LogP contribution < -0.4 is 0 Å². The van der Waals surface area contributed by atoms with E-state index in [1.165, 1.54) is 128 Å². The third kappa shape index (κ3) is 24.3. The average molecular weight is 923 g/mol. The van der Waals surface area contributed by atoms with Gasteiger partial charge in [-0.05, 0) is 18.8 Å². The van der Waals surface area contributed by atoms with Crippen LogP contribution in [0.4, 0.5) is 0 Å². The summed E-state index contributed by atoms with van der Waals surface area (Å²) in [6.07, 6.45) is 13.8. The van der Waals surface area contributed by atoms with Crippen molar-refractivity contribution < 1.29 is 82.2 Å². The first-order chi connectivity index (χ1) is 29.1. The zero-order valence-electron chi connectivity index (χ0n) is 37.0. The molecule has 10 atom stereocenters. The molecule has 19 heteroatoms. The first kappa shape index (κ1) is 57.0. The maximum absolute atomic E-state index is 11.7. The molecule has 0 aromatic heterocycles. The van der Waals surface area contributed by atoms with Crippen molar-refractivity contribution in [3.05, 3.63) is 0 Å². The van der Waals surface area contributed by atoms with E-state index in [1.807, 2.05) is 0 Å². The van der Waals surface area contributed by atoms with Gasteiger partial charge >= 0.3 is 15.6 Å². The van der Waals surface area contributed by atoms with Crippen LogP contribution in [0.15, 0.2) is 0 Å². The molecule has 0 amide bonds. The normalized spacial score (nSPS) is 27.6. The Labute approximate surface area is 365 Å². The zero-order chi connectivity index (χ0) is 45.1. The van der Waals surface area contributed by atoms with Gasteiger partial charge in [-0.15, -0.1) is 0 Å². The number of hydrogen-bond acceptors (Lipinski definition) is 13. The highest BCUT2D eigenvalue weighted by atomic mass is 31.2. The molecule has 2 aliphatic rings. The van der Waals surface area contributed by atoms with Gasteiger partial charge in [0.2, 0.25) is 0 Å². The molecule has 0 radical (unpaired) electrons. The molecular weight excluding hydrogens is 838 g/mol. The molecule has 0 aromatic rings. The van der Waals surface area contributed by atoms with E-state index in [4.69, 9.17) is 18.9 Å². The molecule has 9 N–H and O–H groups in total. The molecule has 2 saturated heterocycles. The van der Waals surface area contributed by atoms with Gasteiger partial charge in [0.15, 0.2) is 12.6 Å². The molecular formula is C42H84O17P2. The van der Waals surface area contributed by atoms with Crippen molar-refractivity contribution in [3.8, 4) is 0 Å². The van der Waals surface area contributed by atoms with Crippen LogP contribution in [0.3, 0.4) is 0 Å². The van der Waals surface area contributed by atoms with Gasteiger partial charge in [-0.1, -0.05) is 168 Å². The second-order valence-electron chi connectivity index (χ2n) is 17.2. The number of aliphatic hydroxyl groups excluding tert-OH is 5. The minimum atomic E-state index is -5.44. The lowest BCUT2D eigenvalue weighted by Gasteiger charge is -2.47. The lowest BCUT2D eigenvalue weighted by Crippen LogP contribution is -2.65. The van der Waals surface area contributed by atoms with Crippen LogP contribution in [0, 0.1) is 5.92 Å². The van der Waals surface area contributed by atoms with Crippen molar-refractivity contribution in [1.82, 2.24) is 0 Å². The Morgan fingerprint density at radius 2 is 0.836 bits per heavy atom. The Hall–Kier alpha value is -0.140. The topological polar surface area (TPSA) is 272 Å².